The standard InChI is InChI=1S/C17H29N3O4S2/c1-13(2)26(23,24)20-17-6-4-14(5-7-17)12-18-15-8-10-16(11-9-15)19-25(3,21)22/h8-11,13-14,17-20H,4-7,12H2,1-3H3/t14-,17-. The maximum absolute atomic E-state index is 11.9. The summed E-state index contributed by atoms with van der Waals surface area (Å²) < 4.78 is 51.5. The molecule has 0 amide bonds. The topological polar surface area (TPSA) is 104 Å². The largest absolute Gasteiger partial charge is 0.385 e. The molecule has 1 aliphatic carbocycles. The second kappa shape index (κ2) is 8.58. The zero-order valence-corrected chi connectivity index (χ0v) is 17.2. The second-order valence-corrected chi connectivity index (χ2v) is 11.3. The monoisotopic (exact) mass is 403 g/mol. The first-order valence-electron chi connectivity index (χ1n) is 8.88. The molecule has 0 bridgehead atoms. The van der Waals surface area contributed by atoms with Crippen molar-refractivity contribution in [1.29, 1.82) is 0 Å². The summed E-state index contributed by atoms with van der Waals surface area (Å²) in [6.07, 6.45) is 4.79. The molecule has 26 heavy (non-hydrogen) atoms. The van der Waals surface area contributed by atoms with Crippen molar-refractivity contribution >= 4 is 31.4 Å². The first kappa shape index (κ1) is 21.0. The van der Waals surface area contributed by atoms with Gasteiger partial charge < -0.3 is 5.32 Å². The Bertz CT molecular complexity index is 782. The molecular formula is C17H29N3O4S2. The highest BCUT2D eigenvalue weighted by Crippen LogP contribution is 2.26. The zero-order chi connectivity index (χ0) is 19.4. The van der Waals surface area contributed by atoms with Crippen LogP contribution in [0, 0.1) is 5.92 Å². The Morgan fingerprint density at radius 2 is 1.50 bits per heavy atom. The molecular weight excluding hydrogens is 374 g/mol. The van der Waals surface area contributed by atoms with Gasteiger partial charge in [-0.05, 0) is 69.7 Å². The Balaban J connectivity index is 1.76. The average molecular weight is 404 g/mol. The first-order chi connectivity index (χ1) is 12.0. The van der Waals surface area contributed by atoms with Gasteiger partial charge in [-0.1, -0.05) is 0 Å². The predicted octanol–water partition coefficient (Wildman–Crippen LogP) is 2.36. The third kappa shape index (κ3) is 6.77. The van der Waals surface area contributed by atoms with Crippen LogP contribution in [0.1, 0.15) is 39.5 Å². The lowest BCUT2D eigenvalue weighted by Crippen LogP contribution is -2.41. The summed E-state index contributed by atoms with van der Waals surface area (Å²) in [6.45, 7) is 4.20. The highest BCUT2D eigenvalue weighted by atomic mass is 32.2. The number of nitrogens with one attached hydrogen (secondary N) is 3. The smallest absolute Gasteiger partial charge is 0.229 e. The predicted molar refractivity (Wildman–Crippen MR) is 106 cm³/mol. The summed E-state index contributed by atoms with van der Waals surface area (Å²) in [4.78, 5) is 0. The van der Waals surface area contributed by atoms with Crippen LogP contribution in [-0.2, 0) is 20.0 Å². The molecule has 148 valence electrons. The number of anilines is 2. The molecule has 3 N–H and O–H groups in total. The SMILES string of the molecule is CC(C)S(=O)(=O)N[C@H]1CC[C@H](CNc2ccc(NS(C)(=O)=O)cc2)CC1. The van der Waals surface area contributed by atoms with E-state index in [9.17, 15) is 16.8 Å². The summed E-state index contributed by atoms with van der Waals surface area (Å²) >= 11 is 0. The molecule has 1 saturated carbocycles. The molecule has 9 heteroatoms. The van der Waals surface area contributed by atoms with Crippen molar-refractivity contribution in [3.8, 4) is 0 Å². The van der Waals surface area contributed by atoms with Crippen LogP contribution in [0.25, 0.3) is 0 Å². The minimum absolute atomic E-state index is 0.0417. The Hall–Kier alpha value is -1.32. The lowest BCUT2D eigenvalue weighted by atomic mass is 9.86. The molecule has 2 rings (SSSR count). The molecule has 0 heterocycles. The van der Waals surface area contributed by atoms with Crippen molar-refractivity contribution in [2.45, 2.75) is 50.8 Å². The van der Waals surface area contributed by atoms with Gasteiger partial charge in [0.25, 0.3) is 0 Å². The second-order valence-electron chi connectivity index (χ2n) is 7.26. The van der Waals surface area contributed by atoms with E-state index >= 15 is 0 Å². The fraction of sp³-hybridized carbons (Fsp3) is 0.647. The number of rotatable bonds is 8. The van der Waals surface area contributed by atoms with Gasteiger partial charge in [-0.25, -0.2) is 21.6 Å². The molecule has 1 aliphatic rings. The van der Waals surface area contributed by atoms with Crippen LogP contribution in [0.15, 0.2) is 24.3 Å². The van der Waals surface area contributed by atoms with Gasteiger partial charge in [0.2, 0.25) is 20.0 Å². The molecule has 1 aromatic rings. The third-order valence-electron chi connectivity index (χ3n) is 4.58. The van der Waals surface area contributed by atoms with E-state index in [1.165, 1.54) is 0 Å². The maximum atomic E-state index is 11.9. The number of hydrogen-bond donors (Lipinski definition) is 3. The normalized spacial score (nSPS) is 21.5. The lowest BCUT2D eigenvalue weighted by molar-refractivity contribution is 0.323. The summed E-state index contributed by atoms with van der Waals surface area (Å²) in [7, 11) is -6.46. The molecule has 7 nitrogen and oxygen atoms in total. The average Bonchev–Trinajstić information content (AvgIpc) is 2.54. The van der Waals surface area contributed by atoms with Crippen molar-refractivity contribution in [3.63, 3.8) is 0 Å². The molecule has 0 aromatic heterocycles. The van der Waals surface area contributed by atoms with Crippen LogP contribution in [0.2, 0.25) is 0 Å². The molecule has 0 unspecified atom stereocenters. The van der Waals surface area contributed by atoms with Gasteiger partial charge in [-0.3, -0.25) is 4.72 Å². The Morgan fingerprint density at radius 3 is 2.00 bits per heavy atom. The van der Waals surface area contributed by atoms with Gasteiger partial charge >= 0.3 is 0 Å². The van der Waals surface area contributed by atoms with E-state index in [-0.39, 0.29) is 6.04 Å². The molecule has 0 radical (unpaired) electrons. The minimum atomic E-state index is -3.26. The van der Waals surface area contributed by atoms with Crippen LogP contribution >= 0.6 is 0 Å². The Morgan fingerprint density at radius 1 is 0.962 bits per heavy atom. The van der Waals surface area contributed by atoms with E-state index in [4.69, 9.17) is 0 Å². The van der Waals surface area contributed by atoms with Crippen molar-refractivity contribution in [3.05, 3.63) is 24.3 Å². The number of benzene rings is 1. The van der Waals surface area contributed by atoms with Gasteiger partial charge in [0, 0.05) is 24.0 Å². The number of sulfonamides is 2. The third-order valence-corrected chi connectivity index (χ3v) is 7.09. The highest BCUT2D eigenvalue weighted by molar-refractivity contribution is 7.92. The van der Waals surface area contributed by atoms with E-state index in [0.717, 1.165) is 44.2 Å². The fourth-order valence-electron chi connectivity index (χ4n) is 2.99. The van der Waals surface area contributed by atoms with Crippen molar-refractivity contribution in [1.82, 2.24) is 4.72 Å². The van der Waals surface area contributed by atoms with Crippen molar-refractivity contribution in [2.24, 2.45) is 5.92 Å². The summed E-state index contributed by atoms with van der Waals surface area (Å²) in [6, 6.07) is 7.17. The first-order valence-corrected chi connectivity index (χ1v) is 12.3. The molecule has 0 atom stereocenters. The van der Waals surface area contributed by atoms with E-state index < -0.39 is 25.3 Å². The van der Waals surface area contributed by atoms with Gasteiger partial charge in [0.15, 0.2) is 0 Å². The summed E-state index contributed by atoms with van der Waals surface area (Å²) in [5, 5.41) is 2.97. The van der Waals surface area contributed by atoms with Crippen LogP contribution in [0.5, 0.6) is 0 Å². The maximum Gasteiger partial charge on any atom is 0.229 e. The van der Waals surface area contributed by atoms with Gasteiger partial charge in [0.05, 0.1) is 11.5 Å². The minimum Gasteiger partial charge on any atom is -0.385 e. The highest BCUT2D eigenvalue weighted by Gasteiger charge is 2.26. The van der Waals surface area contributed by atoms with Crippen LogP contribution < -0.4 is 14.8 Å². The molecule has 1 fully saturated rings. The zero-order valence-electron chi connectivity index (χ0n) is 15.5. The van der Waals surface area contributed by atoms with Crippen molar-refractivity contribution in [2.75, 3.05) is 22.8 Å². The van der Waals surface area contributed by atoms with Crippen LogP contribution in [0.3, 0.4) is 0 Å². The van der Waals surface area contributed by atoms with Gasteiger partial charge in [-0.15, -0.1) is 0 Å². The summed E-state index contributed by atoms with van der Waals surface area (Å²) in [5.41, 5.74) is 1.47. The Labute approximate surface area is 157 Å². The fourth-order valence-corrected chi connectivity index (χ4v) is 4.52. The lowest BCUT2D eigenvalue weighted by Gasteiger charge is -2.29. The van der Waals surface area contributed by atoms with Crippen LogP contribution in [-0.4, -0.2) is 40.9 Å². The molecule has 0 saturated heterocycles. The van der Waals surface area contributed by atoms with Crippen LogP contribution in [0.4, 0.5) is 11.4 Å². The van der Waals surface area contributed by atoms with E-state index in [1.807, 2.05) is 12.1 Å². The van der Waals surface area contributed by atoms with Gasteiger partial charge in [-0.2, -0.15) is 0 Å². The van der Waals surface area contributed by atoms with Crippen molar-refractivity contribution < 1.29 is 16.8 Å². The van der Waals surface area contributed by atoms with E-state index in [0.29, 0.717) is 11.6 Å². The van der Waals surface area contributed by atoms with E-state index in [1.54, 1.807) is 26.0 Å². The summed E-state index contributed by atoms with van der Waals surface area (Å²) in [5.74, 6) is 0.503. The molecule has 0 aliphatic heterocycles. The quantitative estimate of drug-likeness (QED) is 0.618. The van der Waals surface area contributed by atoms with E-state index in [2.05, 4.69) is 14.8 Å². The Kier molecular flexibility index (Phi) is 6.92. The molecule has 1 aromatic carbocycles. The number of hydrogen-bond acceptors (Lipinski definition) is 5. The molecule has 0 spiro atoms. The van der Waals surface area contributed by atoms with Gasteiger partial charge in [0.1, 0.15) is 0 Å².